The average molecular weight is 355 g/mol. The molecule has 0 aliphatic rings. The molecule has 0 unspecified atom stereocenters. The molecule has 2 rings (SSSR count). The summed E-state index contributed by atoms with van der Waals surface area (Å²) in [4.78, 5) is 11.9. The smallest absolute Gasteiger partial charge is 0.262 e. The first-order valence-corrected chi connectivity index (χ1v) is 8.25. The van der Waals surface area contributed by atoms with Gasteiger partial charge >= 0.3 is 0 Å². The van der Waals surface area contributed by atoms with Gasteiger partial charge < -0.3 is 10.1 Å². The van der Waals surface area contributed by atoms with Crippen LogP contribution in [-0.4, -0.2) is 11.9 Å². The van der Waals surface area contributed by atoms with Gasteiger partial charge in [-0.25, -0.2) is 0 Å². The second-order valence-electron chi connectivity index (χ2n) is 5.78. The van der Waals surface area contributed by atoms with Crippen molar-refractivity contribution < 1.29 is 9.53 Å². The van der Waals surface area contributed by atoms with Crippen molar-refractivity contribution in [3.05, 3.63) is 70.3 Å². The first-order valence-electron chi connectivity index (χ1n) is 7.88. The molecule has 0 aliphatic carbocycles. The minimum absolute atomic E-state index is 0.0205. The van der Waals surface area contributed by atoms with Crippen LogP contribution < -0.4 is 10.1 Å². The van der Waals surface area contributed by atoms with Gasteiger partial charge in [-0.15, -0.1) is 0 Å². The number of halogens is 1. The van der Waals surface area contributed by atoms with E-state index >= 15 is 0 Å². The maximum absolute atomic E-state index is 11.9. The molecule has 128 valence electrons. The lowest BCUT2D eigenvalue weighted by atomic mass is 10.1. The van der Waals surface area contributed by atoms with E-state index in [1.54, 1.807) is 30.3 Å². The number of benzene rings is 2. The third kappa shape index (κ3) is 5.98. The van der Waals surface area contributed by atoms with Crippen molar-refractivity contribution in [1.82, 2.24) is 5.32 Å². The first kappa shape index (κ1) is 18.6. The molecule has 2 aromatic carbocycles. The summed E-state index contributed by atoms with van der Waals surface area (Å²) >= 11 is 5.85. The van der Waals surface area contributed by atoms with Crippen LogP contribution in [0.5, 0.6) is 5.75 Å². The zero-order valence-electron chi connectivity index (χ0n) is 14.1. The van der Waals surface area contributed by atoms with Crippen LogP contribution >= 0.6 is 11.6 Å². The maximum atomic E-state index is 11.9. The third-order valence-corrected chi connectivity index (χ3v) is 3.55. The van der Waals surface area contributed by atoms with Crippen molar-refractivity contribution >= 4 is 23.6 Å². The number of ether oxygens (including phenoxy) is 1. The van der Waals surface area contributed by atoms with E-state index in [-0.39, 0.29) is 17.5 Å². The van der Waals surface area contributed by atoms with E-state index in [4.69, 9.17) is 21.6 Å². The van der Waals surface area contributed by atoms with Crippen LogP contribution in [0.2, 0.25) is 5.02 Å². The summed E-state index contributed by atoms with van der Waals surface area (Å²) in [6, 6.07) is 16.6. The monoisotopic (exact) mass is 354 g/mol. The largest absolute Gasteiger partial charge is 0.489 e. The van der Waals surface area contributed by atoms with Crippen LogP contribution in [0.25, 0.3) is 6.08 Å². The number of nitrogens with one attached hydrogen (secondary N) is 1. The topological polar surface area (TPSA) is 62.1 Å². The molecule has 1 amide bonds. The van der Waals surface area contributed by atoms with E-state index in [0.29, 0.717) is 17.4 Å². The summed E-state index contributed by atoms with van der Waals surface area (Å²) < 4.78 is 5.71. The molecule has 25 heavy (non-hydrogen) atoms. The van der Waals surface area contributed by atoms with Gasteiger partial charge in [-0.1, -0.05) is 35.9 Å². The Hall–Kier alpha value is -2.77. The number of nitrogens with zero attached hydrogens (tertiary/aromatic N) is 1. The van der Waals surface area contributed by atoms with Gasteiger partial charge in [-0.3, -0.25) is 4.79 Å². The molecule has 0 saturated carbocycles. The van der Waals surface area contributed by atoms with Crippen molar-refractivity contribution in [2.75, 3.05) is 0 Å². The molecular formula is C20H19ClN2O2. The van der Waals surface area contributed by atoms with Crippen molar-refractivity contribution in [3.8, 4) is 11.8 Å². The van der Waals surface area contributed by atoms with Gasteiger partial charge in [0.1, 0.15) is 24.0 Å². The quantitative estimate of drug-likeness (QED) is 0.619. The van der Waals surface area contributed by atoms with Crippen LogP contribution in [0.15, 0.2) is 54.1 Å². The molecule has 0 saturated heterocycles. The van der Waals surface area contributed by atoms with Crippen LogP contribution in [-0.2, 0) is 11.4 Å². The molecule has 5 heteroatoms. The minimum Gasteiger partial charge on any atom is -0.489 e. The lowest BCUT2D eigenvalue weighted by Crippen LogP contribution is -2.30. The van der Waals surface area contributed by atoms with Gasteiger partial charge in [0, 0.05) is 11.1 Å². The second-order valence-corrected chi connectivity index (χ2v) is 6.22. The second kappa shape index (κ2) is 8.91. The first-order chi connectivity index (χ1) is 12.0. The highest BCUT2D eigenvalue weighted by molar-refractivity contribution is 6.30. The minimum atomic E-state index is -0.374. The summed E-state index contributed by atoms with van der Waals surface area (Å²) in [5, 5.41) is 12.5. The van der Waals surface area contributed by atoms with Gasteiger partial charge in [-0.2, -0.15) is 5.26 Å². The molecule has 0 heterocycles. The van der Waals surface area contributed by atoms with Crippen LogP contribution in [0.3, 0.4) is 0 Å². The fourth-order valence-electron chi connectivity index (χ4n) is 2.06. The Balaban J connectivity index is 2.01. The summed E-state index contributed by atoms with van der Waals surface area (Å²) in [7, 11) is 0. The van der Waals surface area contributed by atoms with Gasteiger partial charge in [0.15, 0.2) is 0 Å². The van der Waals surface area contributed by atoms with E-state index in [9.17, 15) is 4.79 Å². The zero-order chi connectivity index (χ0) is 18.2. The number of amides is 1. The molecule has 0 atom stereocenters. The number of carbonyl (C=O) groups excluding carboxylic acids is 1. The van der Waals surface area contributed by atoms with Crippen molar-refractivity contribution in [2.24, 2.45) is 0 Å². The standard InChI is InChI=1S/C20H19ClN2O2/c1-14(2)23-20(24)17(12-22)11-15-5-9-19(10-6-15)25-13-16-3-7-18(21)8-4-16/h3-11,14H,13H2,1-2H3,(H,23,24)/b17-11-. The Morgan fingerprint density at radius 3 is 2.40 bits per heavy atom. The Kier molecular flexibility index (Phi) is 6.62. The summed E-state index contributed by atoms with van der Waals surface area (Å²) in [5.41, 5.74) is 1.85. The van der Waals surface area contributed by atoms with Crippen LogP contribution in [0.1, 0.15) is 25.0 Å². The maximum Gasteiger partial charge on any atom is 0.262 e. The van der Waals surface area contributed by atoms with E-state index in [2.05, 4.69) is 5.32 Å². The molecule has 2 aromatic rings. The van der Waals surface area contributed by atoms with Crippen molar-refractivity contribution in [3.63, 3.8) is 0 Å². The molecule has 4 nitrogen and oxygen atoms in total. The number of hydrogen-bond acceptors (Lipinski definition) is 3. The van der Waals surface area contributed by atoms with Crippen molar-refractivity contribution in [1.29, 1.82) is 5.26 Å². The van der Waals surface area contributed by atoms with E-state index < -0.39 is 0 Å². The van der Waals surface area contributed by atoms with Gasteiger partial charge in [0.05, 0.1) is 0 Å². The number of hydrogen-bond donors (Lipinski definition) is 1. The Morgan fingerprint density at radius 1 is 1.20 bits per heavy atom. The van der Waals surface area contributed by atoms with Crippen LogP contribution in [0, 0.1) is 11.3 Å². The predicted octanol–water partition coefficient (Wildman–Crippen LogP) is 4.35. The molecule has 1 N–H and O–H groups in total. The van der Waals surface area contributed by atoms with Gasteiger partial charge in [0.2, 0.25) is 0 Å². The summed E-state index contributed by atoms with van der Waals surface area (Å²) in [5.74, 6) is 0.331. The van der Waals surface area contributed by atoms with Gasteiger partial charge in [0.25, 0.3) is 5.91 Å². The van der Waals surface area contributed by atoms with E-state index in [0.717, 1.165) is 11.1 Å². The highest BCUT2D eigenvalue weighted by Crippen LogP contribution is 2.17. The highest BCUT2D eigenvalue weighted by atomic mass is 35.5. The Morgan fingerprint density at radius 2 is 1.84 bits per heavy atom. The number of rotatable bonds is 6. The third-order valence-electron chi connectivity index (χ3n) is 3.29. The highest BCUT2D eigenvalue weighted by Gasteiger charge is 2.09. The number of nitriles is 1. The van der Waals surface area contributed by atoms with E-state index in [1.165, 1.54) is 0 Å². The lowest BCUT2D eigenvalue weighted by Gasteiger charge is -2.08. The molecule has 0 aromatic heterocycles. The molecule has 0 spiro atoms. The predicted molar refractivity (Wildman–Crippen MR) is 99.1 cm³/mol. The molecule has 0 fully saturated rings. The molecule has 0 bridgehead atoms. The average Bonchev–Trinajstić information content (AvgIpc) is 2.59. The molecule has 0 aliphatic heterocycles. The fourth-order valence-corrected chi connectivity index (χ4v) is 2.19. The molecule has 0 radical (unpaired) electrons. The Labute approximate surface area is 152 Å². The summed E-state index contributed by atoms with van der Waals surface area (Å²) in [6.07, 6.45) is 1.56. The van der Waals surface area contributed by atoms with Crippen molar-refractivity contribution in [2.45, 2.75) is 26.5 Å². The van der Waals surface area contributed by atoms with E-state index in [1.807, 2.05) is 44.2 Å². The SMILES string of the molecule is CC(C)NC(=O)/C(C#N)=C\c1ccc(OCc2ccc(Cl)cc2)cc1. The number of carbonyl (C=O) groups is 1. The normalized spacial score (nSPS) is 11.1. The van der Waals surface area contributed by atoms with Gasteiger partial charge in [-0.05, 0) is 55.3 Å². The Bertz CT molecular complexity index is 788. The molecular weight excluding hydrogens is 336 g/mol. The lowest BCUT2D eigenvalue weighted by molar-refractivity contribution is -0.117. The fraction of sp³-hybridized carbons (Fsp3) is 0.200. The zero-order valence-corrected chi connectivity index (χ0v) is 14.9. The summed E-state index contributed by atoms with van der Waals surface area (Å²) in [6.45, 7) is 4.13. The van der Waals surface area contributed by atoms with Crippen LogP contribution in [0.4, 0.5) is 0 Å².